The van der Waals surface area contributed by atoms with E-state index in [1.165, 1.54) is 36.5 Å². The van der Waals surface area contributed by atoms with Crippen LogP contribution >= 0.6 is 0 Å². The number of carbonyl (C=O) groups is 1. The molecule has 0 atom stereocenters. The summed E-state index contributed by atoms with van der Waals surface area (Å²) >= 11 is 0. The number of aliphatic imine (C=N–C) groups is 1. The number of phenolic OH excluding ortho intramolecular Hbond substituents is 3. The van der Waals surface area contributed by atoms with Crippen LogP contribution in [0.5, 0.6) is 17.2 Å². The minimum atomic E-state index is -0.423. The Bertz CT molecular complexity index is 985. The second-order valence-electron chi connectivity index (χ2n) is 5.87. The highest BCUT2D eigenvalue weighted by Crippen LogP contribution is 2.25. The quantitative estimate of drug-likeness (QED) is 0.412. The van der Waals surface area contributed by atoms with Crippen molar-refractivity contribution in [3.8, 4) is 17.2 Å². The average molecular weight is 362 g/mol. The van der Waals surface area contributed by atoms with Crippen molar-refractivity contribution in [2.75, 3.05) is 0 Å². The van der Waals surface area contributed by atoms with E-state index in [2.05, 4.69) is 10.3 Å². The van der Waals surface area contributed by atoms with E-state index in [1.54, 1.807) is 6.07 Å². The zero-order chi connectivity index (χ0) is 19.2. The maximum absolute atomic E-state index is 12.4. The third-order valence-corrected chi connectivity index (χ3v) is 3.88. The smallest absolute Gasteiger partial charge is 0.255 e. The summed E-state index contributed by atoms with van der Waals surface area (Å²) in [6, 6.07) is 17.9. The third kappa shape index (κ3) is 4.64. The highest BCUT2D eigenvalue weighted by molar-refractivity contribution is 5.98. The van der Waals surface area contributed by atoms with Crippen molar-refractivity contribution >= 4 is 17.8 Å². The Morgan fingerprint density at radius 3 is 2.44 bits per heavy atom. The third-order valence-electron chi connectivity index (χ3n) is 3.88. The van der Waals surface area contributed by atoms with Crippen molar-refractivity contribution in [1.82, 2.24) is 5.32 Å². The number of hydrogen-bond donors (Lipinski definition) is 4. The van der Waals surface area contributed by atoms with Crippen molar-refractivity contribution in [2.24, 2.45) is 4.99 Å². The summed E-state index contributed by atoms with van der Waals surface area (Å²) in [4.78, 5) is 16.6. The average Bonchev–Trinajstić information content (AvgIpc) is 2.68. The highest BCUT2D eigenvalue weighted by atomic mass is 16.3. The molecular formula is C21H18N2O4. The van der Waals surface area contributed by atoms with Gasteiger partial charge in [-0.15, -0.1) is 0 Å². The molecule has 0 saturated carbocycles. The van der Waals surface area contributed by atoms with Gasteiger partial charge in [0.15, 0.2) is 0 Å². The lowest BCUT2D eigenvalue weighted by Gasteiger charge is -2.08. The molecule has 3 aromatic rings. The molecule has 0 unspecified atom stereocenters. The number of hydrogen-bond acceptors (Lipinski definition) is 5. The summed E-state index contributed by atoms with van der Waals surface area (Å²) < 4.78 is 0. The zero-order valence-electron chi connectivity index (χ0n) is 14.3. The van der Waals surface area contributed by atoms with E-state index in [1.807, 2.05) is 30.3 Å². The van der Waals surface area contributed by atoms with Crippen LogP contribution < -0.4 is 5.32 Å². The second-order valence-corrected chi connectivity index (χ2v) is 5.87. The minimum absolute atomic E-state index is 0.000866. The predicted octanol–water partition coefficient (Wildman–Crippen LogP) is 3.48. The van der Waals surface area contributed by atoms with Gasteiger partial charge >= 0.3 is 0 Å². The Labute approximate surface area is 156 Å². The first kappa shape index (κ1) is 18.0. The lowest BCUT2D eigenvalue weighted by Crippen LogP contribution is -2.22. The monoisotopic (exact) mass is 362 g/mol. The van der Waals surface area contributed by atoms with Gasteiger partial charge in [0.1, 0.15) is 17.2 Å². The van der Waals surface area contributed by atoms with E-state index in [-0.39, 0.29) is 22.8 Å². The molecule has 27 heavy (non-hydrogen) atoms. The van der Waals surface area contributed by atoms with E-state index in [4.69, 9.17) is 0 Å². The van der Waals surface area contributed by atoms with Crippen LogP contribution in [0, 0.1) is 0 Å². The molecule has 0 aromatic heterocycles. The number of nitrogens with one attached hydrogen (secondary N) is 1. The van der Waals surface area contributed by atoms with Crippen molar-refractivity contribution in [1.29, 1.82) is 0 Å². The molecule has 0 fully saturated rings. The lowest BCUT2D eigenvalue weighted by atomic mass is 10.1. The zero-order valence-corrected chi connectivity index (χ0v) is 14.3. The Hall–Kier alpha value is -3.80. The van der Waals surface area contributed by atoms with Crippen LogP contribution in [-0.2, 0) is 6.54 Å². The number of phenols is 3. The topological polar surface area (TPSA) is 102 Å². The highest BCUT2D eigenvalue weighted by Gasteiger charge is 2.11. The molecule has 0 spiro atoms. The van der Waals surface area contributed by atoms with E-state index in [9.17, 15) is 20.1 Å². The second kappa shape index (κ2) is 8.05. The first-order valence-electron chi connectivity index (χ1n) is 8.24. The number of nitrogens with zero attached hydrogens (tertiary/aromatic N) is 1. The Morgan fingerprint density at radius 1 is 0.926 bits per heavy atom. The fraction of sp³-hybridized carbons (Fsp3) is 0.0476. The summed E-state index contributed by atoms with van der Waals surface area (Å²) in [5, 5.41) is 32.0. The molecule has 0 saturated heterocycles. The van der Waals surface area contributed by atoms with Crippen LogP contribution in [0.2, 0.25) is 0 Å². The Kier molecular flexibility index (Phi) is 5.37. The van der Waals surface area contributed by atoms with Crippen molar-refractivity contribution in [2.45, 2.75) is 6.54 Å². The van der Waals surface area contributed by atoms with Crippen LogP contribution in [0.3, 0.4) is 0 Å². The van der Waals surface area contributed by atoms with Crippen LogP contribution in [0.15, 0.2) is 71.7 Å². The number of benzene rings is 3. The van der Waals surface area contributed by atoms with Gasteiger partial charge in [-0.3, -0.25) is 9.79 Å². The molecule has 0 aliphatic carbocycles. The Morgan fingerprint density at radius 2 is 1.67 bits per heavy atom. The van der Waals surface area contributed by atoms with Crippen molar-refractivity contribution in [3.05, 3.63) is 83.4 Å². The molecule has 4 N–H and O–H groups in total. The summed E-state index contributed by atoms with van der Waals surface area (Å²) in [6.07, 6.45) is 1.37. The summed E-state index contributed by atoms with van der Waals surface area (Å²) in [6.45, 7) is 0.337. The molecule has 136 valence electrons. The molecule has 6 nitrogen and oxygen atoms in total. The van der Waals surface area contributed by atoms with Crippen LogP contribution in [0.4, 0.5) is 5.69 Å². The van der Waals surface area contributed by atoms with E-state index in [0.29, 0.717) is 17.8 Å². The molecule has 3 aromatic carbocycles. The van der Waals surface area contributed by atoms with Crippen LogP contribution in [-0.4, -0.2) is 27.4 Å². The fourth-order valence-corrected chi connectivity index (χ4v) is 2.45. The van der Waals surface area contributed by atoms with Crippen LogP contribution in [0.25, 0.3) is 0 Å². The number of amides is 1. The number of carbonyl (C=O) groups excluding carboxylic acids is 1. The summed E-state index contributed by atoms with van der Waals surface area (Å²) in [5.41, 5.74) is 1.79. The first-order valence-corrected chi connectivity index (χ1v) is 8.24. The maximum atomic E-state index is 12.4. The van der Waals surface area contributed by atoms with E-state index < -0.39 is 5.91 Å². The normalized spacial score (nSPS) is 10.8. The molecule has 0 heterocycles. The summed E-state index contributed by atoms with van der Waals surface area (Å²) in [5.74, 6) is -0.606. The van der Waals surface area contributed by atoms with Gasteiger partial charge in [-0.2, -0.15) is 0 Å². The van der Waals surface area contributed by atoms with Gasteiger partial charge in [0, 0.05) is 18.3 Å². The molecule has 0 radical (unpaired) electrons. The standard InChI is InChI=1S/C21H18N2O4/c24-17-7-9-19(25)15(10-17)13-22-16-6-8-20(26)18(11-16)21(27)23-12-14-4-2-1-3-5-14/h1-11,13,24-26H,12H2,(H,23,27). The fourth-order valence-electron chi connectivity index (χ4n) is 2.45. The SMILES string of the molecule is O=C(NCc1ccccc1)c1cc(N=Cc2cc(O)ccc2O)ccc1O. The van der Waals surface area contributed by atoms with Crippen LogP contribution in [0.1, 0.15) is 21.5 Å². The molecule has 0 bridgehead atoms. The van der Waals surface area contributed by atoms with Gasteiger partial charge in [-0.1, -0.05) is 30.3 Å². The van der Waals surface area contributed by atoms with Gasteiger partial charge in [-0.05, 0) is 42.0 Å². The maximum Gasteiger partial charge on any atom is 0.255 e. The minimum Gasteiger partial charge on any atom is -0.508 e. The van der Waals surface area contributed by atoms with Gasteiger partial charge < -0.3 is 20.6 Å². The number of aromatic hydroxyl groups is 3. The van der Waals surface area contributed by atoms with E-state index >= 15 is 0 Å². The van der Waals surface area contributed by atoms with Gasteiger partial charge in [0.05, 0.1) is 11.3 Å². The predicted molar refractivity (Wildman–Crippen MR) is 103 cm³/mol. The molecule has 0 aliphatic heterocycles. The van der Waals surface area contributed by atoms with Gasteiger partial charge in [-0.25, -0.2) is 0 Å². The van der Waals surface area contributed by atoms with Crippen molar-refractivity contribution in [3.63, 3.8) is 0 Å². The molecule has 6 heteroatoms. The molecule has 3 rings (SSSR count). The number of rotatable bonds is 5. The largest absolute Gasteiger partial charge is 0.508 e. The molecular weight excluding hydrogens is 344 g/mol. The van der Waals surface area contributed by atoms with Crippen molar-refractivity contribution < 1.29 is 20.1 Å². The molecule has 1 amide bonds. The Balaban J connectivity index is 1.76. The summed E-state index contributed by atoms with van der Waals surface area (Å²) in [7, 11) is 0. The molecule has 0 aliphatic rings. The van der Waals surface area contributed by atoms with E-state index in [0.717, 1.165) is 5.56 Å². The van der Waals surface area contributed by atoms with Gasteiger partial charge in [0.25, 0.3) is 5.91 Å². The van der Waals surface area contributed by atoms with Gasteiger partial charge in [0.2, 0.25) is 0 Å². The first-order chi connectivity index (χ1) is 13.0. The lowest BCUT2D eigenvalue weighted by molar-refractivity contribution is 0.0948.